The number of hydrogen-bond donors (Lipinski definition) is 2. The molecule has 0 bridgehead atoms. The number of methoxy groups -OCH3 is 1. The van der Waals surface area contributed by atoms with E-state index in [1.807, 2.05) is 24.3 Å². The number of aromatic nitrogens is 2. The van der Waals surface area contributed by atoms with E-state index in [9.17, 15) is 18.4 Å². The third-order valence-corrected chi connectivity index (χ3v) is 7.62. The second-order valence-corrected chi connectivity index (χ2v) is 14.3. The van der Waals surface area contributed by atoms with Gasteiger partial charge in [-0.1, -0.05) is 49.1 Å². The molecule has 0 fully saturated rings. The smallest absolute Gasteiger partial charge is 0.282 e. The lowest BCUT2D eigenvalue weighted by Gasteiger charge is -2.20. The summed E-state index contributed by atoms with van der Waals surface area (Å²) >= 11 is 0. The van der Waals surface area contributed by atoms with Crippen molar-refractivity contribution in [2.24, 2.45) is 0 Å². The molecule has 1 heterocycles. The Morgan fingerprint density at radius 1 is 1.06 bits per heavy atom. The normalized spacial score (nSPS) is 12.3. The van der Waals surface area contributed by atoms with Crippen LogP contribution in [0.2, 0.25) is 19.6 Å². The van der Waals surface area contributed by atoms with Gasteiger partial charge in [-0.15, -0.1) is 0 Å². The summed E-state index contributed by atoms with van der Waals surface area (Å²) in [5, 5.41) is 10.6. The maximum absolute atomic E-state index is 13.2. The summed E-state index contributed by atoms with van der Waals surface area (Å²) in [6.45, 7) is 8.00. The maximum atomic E-state index is 13.2. The van der Waals surface area contributed by atoms with E-state index < -0.39 is 38.0 Å². The summed E-state index contributed by atoms with van der Waals surface area (Å²) in [6, 6.07) is 14.7. The Morgan fingerprint density at radius 3 is 2.20 bits per heavy atom. The van der Waals surface area contributed by atoms with Gasteiger partial charge in [-0.25, -0.2) is 8.78 Å². The Balaban J connectivity index is 1.80. The van der Waals surface area contributed by atoms with E-state index in [2.05, 4.69) is 35.4 Å². The largest absolute Gasteiger partial charge is 0.497 e. The van der Waals surface area contributed by atoms with Gasteiger partial charge in [0, 0.05) is 11.4 Å². The fourth-order valence-corrected chi connectivity index (χ4v) is 4.68. The summed E-state index contributed by atoms with van der Waals surface area (Å²) in [5.74, 6) is -0.371. The first-order valence-electron chi connectivity index (χ1n) is 11.1. The lowest BCUT2D eigenvalue weighted by atomic mass is 10.1. The average Bonchev–Trinajstić information content (AvgIpc) is 3.17. The van der Waals surface area contributed by atoms with Gasteiger partial charge in [-0.2, -0.15) is 5.10 Å². The van der Waals surface area contributed by atoms with Crippen LogP contribution < -0.4 is 20.6 Å². The predicted molar refractivity (Wildman–Crippen MR) is 134 cm³/mol. The van der Waals surface area contributed by atoms with Gasteiger partial charge in [0.05, 0.1) is 15.2 Å². The van der Waals surface area contributed by atoms with Crippen LogP contribution in [-0.4, -0.2) is 36.8 Å². The first-order chi connectivity index (χ1) is 16.5. The molecule has 0 radical (unpaired) electrons. The second-order valence-electron chi connectivity index (χ2n) is 9.26. The molecule has 10 heteroatoms. The number of carbonyl (C=O) groups excluding carboxylic acids is 2. The van der Waals surface area contributed by atoms with E-state index >= 15 is 0 Å². The standard InChI is InChI=1S/C25H30F2N4O3Si/c1-16-14-21(24(26)27)30-31(16)15-22(32)29-23(17-6-10-19(34-2)11-7-17)25(33)28-18-8-12-20(13-9-18)35(3,4)5/h6-14,23-24H,15H2,1-5H3,(H,28,33)(H,29,32). The molecule has 3 aromatic rings. The van der Waals surface area contributed by atoms with Crippen molar-refractivity contribution >= 4 is 30.8 Å². The van der Waals surface area contributed by atoms with Crippen molar-refractivity contribution < 1.29 is 23.1 Å². The summed E-state index contributed by atoms with van der Waals surface area (Å²) in [5.41, 5.74) is 1.17. The summed E-state index contributed by atoms with van der Waals surface area (Å²) < 4.78 is 32.3. The highest BCUT2D eigenvalue weighted by Crippen LogP contribution is 2.21. The molecule has 2 N–H and O–H groups in total. The molecule has 7 nitrogen and oxygen atoms in total. The minimum Gasteiger partial charge on any atom is -0.497 e. The summed E-state index contributed by atoms with van der Waals surface area (Å²) in [7, 11) is 0.0473. The summed E-state index contributed by atoms with van der Waals surface area (Å²) in [6.07, 6.45) is -2.73. The number of anilines is 1. The lowest BCUT2D eigenvalue weighted by Crippen LogP contribution is -2.39. The first kappa shape index (κ1) is 26.1. The van der Waals surface area contributed by atoms with Gasteiger partial charge in [0.1, 0.15) is 24.0 Å². The molecule has 0 aliphatic rings. The second kappa shape index (κ2) is 10.8. The van der Waals surface area contributed by atoms with Gasteiger partial charge in [0.2, 0.25) is 5.91 Å². The molecule has 1 atom stereocenters. The fourth-order valence-electron chi connectivity index (χ4n) is 3.51. The SMILES string of the molecule is COc1ccc(C(NC(=O)Cn2nc(C(F)F)cc2C)C(=O)Nc2ccc([Si](C)(C)C)cc2)cc1. The number of benzene rings is 2. The molecule has 2 amide bonds. The molecule has 2 aromatic carbocycles. The zero-order chi connectivity index (χ0) is 25.8. The number of ether oxygens (including phenoxy) is 1. The highest BCUT2D eigenvalue weighted by atomic mass is 28.3. The van der Waals surface area contributed by atoms with E-state index in [1.54, 1.807) is 31.2 Å². The molecule has 3 rings (SSSR count). The zero-order valence-corrected chi connectivity index (χ0v) is 21.4. The van der Waals surface area contributed by atoms with Crippen molar-refractivity contribution in [3.05, 3.63) is 71.5 Å². The molecule has 35 heavy (non-hydrogen) atoms. The average molecular weight is 501 g/mol. The molecule has 186 valence electrons. The van der Waals surface area contributed by atoms with Gasteiger partial charge in [0.25, 0.3) is 12.3 Å². The van der Waals surface area contributed by atoms with Crippen LogP contribution >= 0.6 is 0 Å². The quantitative estimate of drug-likeness (QED) is 0.432. The zero-order valence-electron chi connectivity index (χ0n) is 20.4. The minimum atomic E-state index is -2.73. The van der Waals surface area contributed by atoms with E-state index in [4.69, 9.17) is 4.74 Å². The number of alkyl halides is 2. The van der Waals surface area contributed by atoms with Gasteiger partial charge >= 0.3 is 0 Å². The van der Waals surface area contributed by atoms with Crippen molar-refractivity contribution in [2.45, 2.75) is 45.6 Å². The lowest BCUT2D eigenvalue weighted by molar-refractivity contribution is -0.127. The molecule has 1 aromatic heterocycles. The Kier molecular flexibility index (Phi) is 8.06. The molecule has 0 saturated carbocycles. The van der Waals surface area contributed by atoms with Crippen molar-refractivity contribution in [3.63, 3.8) is 0 Å². The van der Waals surface area contributed by atoms with Crippen LogP contribution in [0.15, 0.2) is 54.6 Å². The Labute approximate surface area is 204 Å². The Hall–Kier alpha value is -3.53. The summed E-state index contributed by atoms with van der Waals surface area (Å²) in [4.78, 5) is 26.0. The number of nitrogens with one attached hydrogen (secondary N) is 2. The van der Waals surface area contributed by atoms with Crippen molar-refractivity contribution in [1.29, 1.82) is 0 Å². The number of amides is 2. The number of aryl methyl sites for hydroxylation is 1. The fraction of sp³-hybridized carbons (Fsp3) is 0.320. The monoisotopic (exact) mass is 500 g/mol. The molecule has 1 unspecified atom stereocenters. The van der Waals surface area contributed by atoms with Crippen LogP contribution in [0.3, 0.4) is 0 Å². The number of hydrogen-bond acceptors (Lipinski definition) is 4. The predicted octanol–water partition coefficient (Wildman–Crippen LogP) is 4.18. The number of carbonyl (C=O) groups is 2. The molecular formula is C25H30F2N4O3Si. The van der Waals surface area contributed by atoms with Crippen LogP contribution in [0.5, 0.6) is 5.75 Å². The van der Waals surface area contributed by atoms with Crippen molar-refractivity contribution in [3.8, 4) is 5.75 Å². The van der Waals surface area contributed by atoms with Crippen molar-refractivity contribution in [1.82, 2.24) is 15.1 Å². The van der Waals surface area contributed by atoms with Crippen LogP contribution in [0.1, 0.15) is 29.4 Å². The number of halogens is 2. The number of nitrogens with zero attached hydrogens (tertiary/aromatic N) is 2. The van der Waals surface area contributed by atoms with Crippen LogP contribution in [0, 0.1) is 6.92 Å². The Morgan fingerprint density at radius 2 is 1.69 bits per heavy atom. The third kappa shape index (κ3) is 6.75. The Bertz CT molecular complexity index is 1170. The topological polar surface area (TPSA) is 85.2 Å². The van der Waals surface area contributed by atoms with E-state index in [1.165, 1.54) is 23.0 Å². The van der Waals surface area contributed by atoms with Gasteiger partial charge < -0.3 is 15.4 Å². The highest BCUT2D eigenvalue weighted by molar-refractivity contribution is 6.88. The first-order valence-corrected chi connectivity index (χ1v) is 14.6. The van der Waals surface area contributed by atoms with Gasteiger partial charge in [0.15, 0.2) is 0 Å². The van der Waals surface area contributed by atoms with E-state index in [0.29, 0.717) is 22.7 Å². The number of rotatable bonds is 9. The molecule has 0 aliphatic carbocycles. The van der Waals surface area contributed by atoms with Crippen molar-refractivity contribution in [2.75, 3.05) is 12.4 Å². The van der Waals surface area contributed by atoms with E-state index in [-0.39, 0.29) is 6.54 Å². The minimum absolute atomic E-state index is 0.302. The molecular weight excluding hydrogens is 470 g/mol. The van der Waals surface area contributed by atoms with Gasteiger partial charge in [-0.3, -0.25) is 14.3 Å². The van der Waals surface area contributed by atoms with Crippen LogP contribution in [-0.2, 0) is 16.1 Å². The van der Waals surface area contributed by atoms with Gasteiger partial charge in [-0.05, 0) is 42.8 Å². The van der Waals surface area contributed by atoms with E-state index in [0.717, 1.165) is 0 Å². The highest BCUT2D eigenvalue weighted by Gasteiger charge is 2.25. The molecule has 0 aliphatic heterocycles. The third-order valence-electron chi connectivity index (χ3n) is 5.55. The van der Waals surface area contributed by atoms with Crippen LogP contribution in [0.4, 0.5) is 14.5 Å². The molecule has 0 spiro atoms. The van der Waals surface area contributed by atoms with Crippen LogP contribution in [0.25, 0.3) is 0 Å². The maximum Gasteiger partial charge on any atom is 0.282 e. The molecule has 0 saturated heterocycles.